The number of piperidine rings is 2. The van der Waals surface area contributed by atoms with Crippen LogP contribution in [0.3, 0.4) is 0 Å². The van der Waals surface area contributed by atoms with E-state index in [0.717, 1.165) is 130 Å². The lowest BCUT2D eigenvalue weighted by atomic mass is 9.91. The van der Waals surface area contributed by atoms with Crippen LogP contribution in [-0.2, 0) is 14.4 Å². The van der Waals surface area contributed by atoms with Crippen molar-refractivity contribution in [3.8, 4) is 0 Å². The van der Waals surface area contributed by atoms with E-state index in [0.29, 0.717) is 23.6 Å². The van der Waals surface area contributed by atoms with Crippen LogP contribution in [0.25, 0.3) is 6.08 Å². The lowest BCUT2D eigenvalue weighted by Gasteiger charge is -2.36. The Morgan fingerprint density at radius 1 is 0.833 bits per heavy atom. The van der Waals surface area contributed by atoms with E-state index in [1.807, 2.05) is 35.2 Å². The molecule has 6 amide bonds. The summed E-state index contributed by atoms with van der Waals surface area (Å²) in [6.07, 6.45) is 15.3. The molecule has 0 aliphatic carbocycles. The lowest BCUT2D eigenvalue weighted by Crippen LogP contribution is -2.54. The minimum Gasteiger partial charge on any atom is -0.369 e. The number of benzene rings is 2. The largest absolute Gasteiger partial charge is 0.369 e. The van der Waals surface area contributed by atoms with E-state index in [9.17, 15) is 28.8 Å². The third kappa shape index (κ3) is 10.9. The second-order valence-corrected chi connectivity index (χ2v) is 17.2. The molecule has 4 aliphatic heterocycles. The number of hydrogen-bond donors (Lipinski definition) is 2. The predicted molar refractivity (Wildman–Crippen MR) is 232 cm³/mol. The van der Waals surface area contributed by atoms with Crippen molar-refractivity contribution >= 4 is 59.0 Å². The van der Waals surface area contributed by atoms with Crippen molar-refractivity contribution in [2.45, 2.75) is 75.1 Å². The highest BCUT2D eigenvalue weighted by Gasteiger charge is 2.45. The van der Waals surface area contributed by atoms with Crippen molar-refractivity contribution < 1.29 is 28.8 Å². The molecule has 3 aromatic rings. The van der Waals surface area contributed by atoms with Gasteiger partial charge in [0.05, 0.1) is 11.1 Å². The molecule has 316 valence electrons. The average molecular weight is 834 g/mol. The number of nitrogens with zero attached hydrogens (tertiary/aromatic N) is 5. The molecule has 14 heteroatoms. The van der Waals surface area contributed by atoms with Crippen LogP contribution in [0.4, 0.5) is 5.69 Å². The van der Waals surface area contributed by atoms with Gasteiger partial charge in [0, 0.05) is 86.9 Å². The molecule has 0 bridgehead atoms. The molecule has 2 aromatic carbocycles. The number of pyridine rings is 1. The van der Waals surface area contributed by atoms with E-state index in [2.05, 4.69) is 37.6 Å². The Bertz CT molecular complexity index is 2050. The second kappa shape index (κ2) is 20.8. The van der Waals surface area contributed by atoms with Gasteiger partial charge in [-0.1, -0.05) is 31.4 Å². The minimum atomic E-state index is -0.962. The molecule has 0 radical (unpaired) electrons. The van der Waals surface area contributed by atoms with Gasteiger partial charge in [-0.2, -0.15) is 0 Å². The Labute approximate surface area is 356 Å². The molecule has 5 heterocycles. The zero-order chi connectivity index (χ0) is 41.8. The second-order valence-electron chi connectivity index (χ2n) is 16.1. The summed E-state index contributed by atoms with van der Waals surface area (Å²) in [5, 5.41) is 5.21. The summed E-state index contributed by atoms with van der Waals surface area (Å²) in [6.45, 7) is 7.11. The molecule has 3 saturated heterocycles. The Morgan fingerprint density at radius 3 is 2.38 bits per heavy atom. The number of aromatic nitrogens is 1. The van der Waals surface area contributed by atoms with Gasteiger partial charge in [0.1, 0.15) is 6.04 Å². The first-order valence-electron chi connectivity index (χ1n) is 21.4. The number of fused-ring (bicyclic) bond motifs is 1. The number of carbonyl (C=O) groups excluding carboxylic acids is 6. The quantitative estimate of drug-likeness (QED) is 0.0781. The van der Waals surface area contributed by atoms with Gasteiger partial charge >= 0.3 is 0 Å². The van der Waals surface area contributed by atoms with Gasteiger partial charge in [-0.15, -0.1) is 11.8 Å². The zero-order valence-corrected chi connectivity index (χ0v) is 35.0. The summed E-state index contributed by atoms with van der Waals surface area (Å²) < 4.78 is 0. The number of nitrogens with one attached hydrogen (secondary N) is 2. The van der Waals surface area contributed by atoms with Crippen LogP contribution in [0.2, 0.25) is 0 Å². The van der Waals surface area contributed by atoms with E-state index < -0.39 is 23.8 Å². The molecular formula is C46H55N7O6S. The van der Waals surface area contributed by atoms with E-state index >= 15 is 0 Å². The highest BCUT2D eigenvalue weighted by molar-refractivity contribution is 7.99. The highest BCUT2D eigenvalue weighted by Crippen LogP contribution is 2.35. The van der Waals surface area contributed by atoms with Crippen molar-refractivity contribution in [2.75, 3.05) is 63.0 Å². The Balaban J connectivity index is 0.745. The third-order valence-electron chi connectivity index (χ3n) is 12.0. The first-order chi connectivity index (χ1) is 29.2. The van der Waals surface area contributed by atoms with Crippen molar-refractivity contribution in [1.29, 1.82) is 0 Å². The molecule has 7 rings (SSSR count). The number of anilines is 1. The summed E-state index contributed by atoms with van der Waals surface area (Å²) in [6, 6.07) is 16.2. The molecule has 3 fully saturated rings. The average Bonchev–Trinajstić information content (AvgIpc) is 3.53. The van der Waals surface area contributed by atoms with Gasteiger partial charge in [0.15, 0.2) is 0 Å². The van der Waals surface area contributed by atoms with E-state index in [4.69, 9.17) is 0 Å². The lowest BCUT2D eigenvalue weighted by molar-refractivity contribution is -0.136. The monoisotopic (exact) mass is 833 g/mol. The first-order valence-corrected chi connectivity index (χ1v) is 22.4. The van der Waals surface area contributed by atoms with Crippen molar-refractivity contribution in [3.05, 3.63) is 95.3 Å². The van der Waals surface area contributed by atoms with Crippen LogP contribution in [0.1, 0.15) is 101 Å². The van der Waals surface area contributed by atoms with Gasteiger partial charge in [-0.05, 0) is 111 Å². The molecule has 60 heavy (non-hydrogen) atoms. The predicted octanol–water partition coefficient (Wildman–Crippen LogP) is 5.42. The molecular weight excluding hydrogens is 779 g/mol. The smallest absolute Gasteiger partial charge is 0.263 e. The fourth-order valence-electron chi connectivity index (χ4n) is 8.53. The zero-order valence-electron chi connectivity index (χ0n) is 34.2. The number of rotatable bonds is 17. The molecule has 2 N–H and O–H groups in total. The van der Waals surface area contributed by atoms with E-state index in [1.165, 1.54) is 0 Å². The molecule has 0 saturated carbocycles. The first kappa shape index (κ1) is 42.8. The van der Waals surface area contributed by atoms with E-state index in [-0.39, 0.29) is 30.6 Å². The SMILES string of the molecule is O=C(/C=C/c1cccnc1)NCCCCC1CCN(C(=O)c2ccc(N3CCN(CCCCCSc4cccc5c4C(=O)N(C4CCC(=O)NC4=O)C5=O)CC3)cc2)CC1. The van der Waals surface area contributed by atoms with Gasteiger partial charge in [0.2, 0.25) is 17.7 Å². The summed E-state index contributed by atoms with van der Waals surface area (Å²) in [4.78, 5) is 88.7. The summed E-state index contributed by atoms with van der Waals surface area (Å²) in [7, 11) is 0. The van der Waals surface area contributed by atoms with Crippen molar-refractivity contribution in [1.82, 2.24) is 30.3 Å². The number of imide groups is 2. The fraction of sp³-hybridized carbons (Fsp3) is 0.457. The standard InChI is InChI=1S/C46H55N7O6S/c54-40(18-12-34-9-7-22-47-32-34)48-23-3-2-8-33-20-25-52(26-21-33)44(57)35-13-15-36(16-14-35)51-29-27-50(28-30-51)24-4-1-5-31-60-39-11-6-10-37-42(39)46(59)53(45(37)58)38-17-19-41(55)49-43(38)56/h6-7,9-16,18,22,32-33,38H,1-5,8,17,19-21,23-31H2,(H,48,54)(H,49,55,56)/b18-12+. The number of likely N-dealkylation sites (tertiary alicyclic amines) is 1. The third-order valence-corrected chi connectivity index (χ3v) is 13.2. The minimum absolute atomic E-state index is 0.0889. The van der Waals surface area contributed by atoms with Crippen molar-refractivity contribution in [2.24, 2.45) is 5.92 Å². The summed E-state index contributed by atoms with van der Waals surface area (Å²) >= 11 is 1.57. The number of piperazine rings is 1. The summed E-state index contributed by atoms with van der Waals surface area (Å²) in [5.74, 6) is -0.470. The number of unbranched alkanes of at least 4 members (excludes halogenated alkanes) is 3. The number of carbonyl (C=O) groups is 6. The van der Waals surface area contributed by atoms with Crippen LogP contribution in [0.15, 0.2) is 78.0 Å². The highest BCUT2D eigenvalue weighted by atomic mass is 32.2. The van der Waals surface area contributed by atoms with Gasteiger partial charge < -0.3 is 15.1 Å². The maximum Gasteiger partial charge on any atom is 0.263 e. The Morgan fingerprint density at radius 2 is 1.63 bits per heavy atom. The molecule has 4 aliphatic rings. The maximum absolute atomic E-state index is 13.4. The molecule has 1 atom stereocenters. The Hall–Kier alpha value is -5.34. The van der Waals surface area contributed by atoms with Gasteiger partial charge in [0.25, 0.3) is 17.7 Å². The Kier molecular flexibility index (Phi) is 14.8. The van der Waals surface area contributed by atoms with Crippen LogP contribution in [0.5, 0.6) is 0 Å². The van der Waals surface area contributed by atoms with E-state index in [1.54, 1.807) is 48.4 Å². The molecule has 0 spiro atoms. The van der Waals surface area contributed by atoms with Crippen molar-refractivity contribution in [3.63, 3.8) is 0 Å². The van der Waals surface area contributed by atoms with Crippen LogP contribution in [0, 0.1) is 5.92 Å². The van der Waals surface area contributed by atoms with Gasteiger partial charge in [-0.3, -0.25) is 48.9 Å². The van der Waals surface area contributed by atoms with Gasteiger partial charge in [-0.25, -0.2) is 0 Å². The van der Waals surface area contributed by atoms with Crippen LogP contribution in [-0.4, -0.2) is 119 Å². The maximum atomic E-state index is 13.4. The molecule has 1 aromatic heterocycles. The molecule has 13 nitrogen and oxygen atoms in total. The van der Waals surface area contributed by atoms with Crippen LogP contribution < -0.4 is 15.5 Å². The topological polar surface area (TPSA) is 152 Å². The van der Waals surface area contributed by atoms with Crippen LogP contribution >= 0.6 is 11.8 Å². The number of thioether (sulfide) groups is 1. The fourth-order valence-corrected chi connectivity index (χ4v) is 9.61. The normalized spacial score (nSPS) is 18.9. The summed E-state index contributed by atoms with van der Waals surface area (Å²) in [5.41, 5.74) is 3.47. The molecule has 1 unspecified atom stereocenters. The number of amides is 6. The number of hydrogen-bond acceptors (Lipinski definition) is 10.